The average Bonchev–Trinajstić information content (AvgIpc) is 2.40. The van der Waals surface area contributed by atoms with Crippen LogP contribution in [0.4, 0.5) is 0 Å². The Labute approximate surface area is 112 Å². The van der Waals surface area contributed by atoms with Crippen molar-refractivity contribution in [3.63, 3.8) is 0 Å². The van der Waals surface area contributed by atoms with Gasteiger partial charge in [0.2, 0.25) is 0 Å². The molecule has 0 bridgehead atoms. The fourth-order valence-corrected chi connectivity index (χ4v) is 2.62. The predicted molar refractivity (Wildman–Crippen MR) is 74.1 cm³/mol. The van der Waals surface area contributed by atoms with Crippen LogP contribution in [0.25, 0.3) is 0 Å². The van der Waals surface area contributed by atoms with Crippen molar-refractivity contribution in [1.29, 1.82) is 0 Å². The summed E-state index contributed by atoms with van der Waals surface area (Å²) in [6.07, 6.45) is 0. The fourth-order valence-electron chi connectivity index (χ4n) is 1.60. The molecule has 0 spiro atoms. The lowest BCUT2D eigenvalue weighted by Crippen LogP contribution is -2.78. The minimum absolute atomic E-state index is 0.112. The Morgan fingerprint density at radius 1 is 1.00 bits per heavy atom. The minimum atomic E-state index is -3.64. The lowest BCUT2D eigenvalue weighted by molar-refractivity contribution is -0.268. The van der Waals surface area contributed by atoms with Gasteiger partial charge < -0.3 is 0 Å². The van der Waals surface area contributed by atoms with Gasteiger partial charge in [0.15, 0.2) is 0 Å². The second-order valence-corrected chi connectivity index (χ2v) is 5.88. The van der Waals surface area contributed by atoms with E-state index in [-0.39, 0.29) is 10.7 Å². The molecule has 0 aliphatic carbocycles. The van der Waals surface area contributed by atoms with Crippen molar-refractivity contribution in [2.75, 3.05) is 0 Å². The summed E-state index contributed by atoms with van der Waals surface area (Å²) in [6, 6.07) is 15.5. The van der Waals surface area contributed by atoms with Crippen molar-refractivity contribution in [2.24, 2.45) is 5.73 Å². The summed E-state index contributed by atoms with van der Waals surface area (Å²) < 4.78 is 26.6. The van der Waals surface area contributed by atoms with Crippen molar-refractivity contribution in [3.05, 3.63) is 65.7 Å². The topological polar surface area (TPSA) is 74.1 Å². The van der Waals surface area contributed by atoms with Gasteiger partial charge in [0.05, 0.1) is 5.56 Å². The van der Waals surface area contributed by atoms with Gasteiger partial charge in [0.25, 0.3) is 5.84 Å². The second-order valence-electron chi connectivity index (χ2n) is 4.20. The number of amidine groups is 1. The summed E-state index contributed by atoms with van der Waals surface area (Å²) >= 11 is 0. The van der Waals surface area contributed by atoms with Gasteiger partial charge in [-0.15, -0.1) is 0 Å². The second kappa shape index (κ2) is 5.24. The van der Waals surface area contributed by atoms with Crippen LogP contribution < -0.4 is 10.1 Å². The molecule has 4 nitrogen and oxygen atoms in total. The molecule has 3 N–H and O–H groups in total. The molecular weight excluding hydrogens is 260 g/mol. The standard InChI is InChI=1S/C14H14N2O2S/c1-11-7-9-13(10-8-11)19(17,18)16-14(15)12-5-3-2-4-6-12/h2-10H,1H3,(H2,15,16)/p+1. The molecule has 5 heteroatoms. The van der Waals surface area contributed by atoms with Gasteiger partial charge in [-0.2, -0.15) is 12.8 Å². The normalized spacial score (nSPS) is 12.4. The third kappa shape index (κ3) is 3.20. The van der Waals surface area contributed by atoms with Crippen LogP contribution in [0.15, 0.2) is 59.5 Å². The van der Waals surface area contributed by atoms with E-state index >= 15 is 0 Å². The van der Waals surface area contributed by atoms with E-state index in [1.54, 1.807) is 48.5 Å². The molecule has 0 amide bonds. The number of nitrogens with two attached hydrogens (primary N) is 1. The molecule has 0 aliphatic heterocycles. The summed E-state index contributed by atoms with van der Waals surface area (Å²) in [4.78, 5) is 0.192. The summed E-state index contributed by atoms with van der Waals surface area (Å²) in [5.41, 5.74) is 7.41. The van der Waals surface area contributed by atoms with Crippen molar-refractivity contribution < 1.29 is 12.8 Å². The van der Waals surface area contributed by atoms with Gasteiger partial charge >= 0.3 is 10.0 Å². The molecule has 0 heterocycles. The molecule has 0 fully saturated rings. The molecule has 98 valence electrons. The van der Waals surface area contributed by atoms with Crippen molar-refractivity contribution in [3.8, 4) is 0 Å². The number of hydrogen-bond donors (Lipinski definition) is 2. The smallest absolute Gasteiger partial charge is 0.286 e. The quantitative estimate of drug-likeness (QED) is 0.619. The monoisotopic (exact) mass is 275 g/mol. The zero-order chi connectivity index (χ0) is 13.9. The van der Waals surface area contributed by atoms with E-state index in [9.17, 15) is 8.42 Å². The summed E-state index contributed by atoms with van der Waals surface area (Å²) in [7, 11) is -3.64. The highest BCUT2D eigenvalue weighted by molar-refractivity contribution is 7.84. The van der Waals surface area contributed by atoms with Gasteiger partial charge in [-0.1, -0.05) is 35.9 Å². The Bertz CT molecular complexity index is 690. The SMILES string of the molecule is Cc1ccc(S(=O)(=O)[NH+]=C(N)c2ccccc2)cc1. The van der Waals surface area contributed by atoms with E-state index < -0.39 is 10.0 Å². The maximum absolute atomic E-state index is 12.1. The highest BCUT2D eigenvalue weighted by atomic mass is 32.2. The molecular formula is C14H15N2O2S+. The first-order chi connectivity index (χ1) is 8.99. The Morgan fingerprint density at radius 2 is 1.58 bits per heavy atom. The van der Waals surface area contributed by atoms with Gasteiger partial charge in [-0.3, -0.25) is 5.73 Å². The maximum atomic E-state index is 12.1. The summed E-state index contributed by atoms with van der Waals surface area (Å²) in [6.45, 7) is 1.90. The van der Waals surface area contributed by atoms with E-state index in [2.05, 4.69) is 4.40 Å². The molecule has 0 radical (unpaired) electrons. The number of hydrogen-bond acceptors (Lipinski definition) is 2. The molecule has 19 heavy (non-hydrogen) atoms. The van der Waals surface area contributed by atoms with E-state index in [1.165, 1.54) is 0 Å². The van der Waals surface area contributed by atoms with Gasteiger partial charge in [-0.25, -0.2) is 0 Å². The summed E-state index contributed by atoms with van der Waals surface area (Å²) in [5.74, 6) is 0.112. The zero-order valence-corrected chi connectivity index (χ0v) is 11.3. The van der Waals surface area contributed by atoms with Crippen LogP contribution in [-0.4, -0.2) is 14.3 Å². The van der Waals surface area contributed by atoms with Crippen molar-refractivity contribution in [1.82, 2.24) is 0 Å². The minimum Gasteiger partial charge on any atom is -0.286 e. The molecule has 0 aromatic heterocycles. The third-order valence-electron chi connectivity index (χ3n) is 2.66. The van der Waals surface area contributed by atoms with Crippen molar-refractivity contribution >= 4 is 15.9 Å². The van der Waals surface area contributed by atoms with Crippen LogP contribution in [0.3, 0.4) is 0 Å². The number of rotatable bonds is 3. The third-order valence-corrected chi connectivity index (χ3v) is 4.04. The first-order valence-electron chi connectivity index (χ1n) is 5.76. The molecule has 0 atom stereocenters. The highest BCUT2D eigenvalue weighted by Gasteiger charge is 2.17. The molecule has 0 saturated carbocycles. The Hall–Kier alpha value is -2.14. The molecule has 0 unspecified atom stereocenters. The van der Waals surface area contributed by atoms with E-state index in [0.29, 0.717) is 5.56 Å². The maximum Gasteiger partial charge on any atom is 0.328 e. The van der Waals surface area contributed by atoms with E-state index in [4.69, 9.17) is 5.73 Å². The number of nitrogens with one attached hydrogen (secondary N) is 1. The zero-order valence-electron chi connectivity index (χ0n) is 10.5. The fraction of sp³-hybridized carbons (Fsp3) is 0.0714. The molecule has 0 saturated heterocycles. The number of benzene rings is 2. The Balaban J connectivity index is 2.39. The first-order valence-corrected chi connectivity index (χ1v) is 7.25. The van der Waals surface area contributed by atoms with Crippen molar-refractivity contribution in [2.45, 2.75) is 11.8 Å². The van der Waals surface area contributed by atoms with Crippen LogP contribution in [0.2, 0.25) is 0 Å². The average molecular weight is 275 g/mol. The molecule has 2 rings (SSSR count). The van der Waals surface area contributed by atoms with Crippen LogP contribution in [0.1, 0.15) is 11.1 Å². The molecule has 0 aliphatic rings. The Morgan fingerprint density at radius 3 is 2.16 bits per heavy atom. The van der Waals surface area contributed by atoms with Crippen LogP contribution in [-0.2, 0) is 10.0 Å². The van der Waals surface area contributed by atoms with Gasteiger partial charge in [0.1, 0.15) is 4.90 Å². The lowest BCUT2D eigenvalue weighted by atomic mass is 10.2. The number of sulfonamides is 1. The van der Waals surface area contributed by atoms with Crippen LogP contribution >= 0.6 is 0 Å². The van der Waals surface area contributed by atoms with Gasteiger partial charge in [0, 0.05) is 0 Å². The number of nitrogen functional groups attached to an aromatic ring is 1. The molecule has 2 aromatic carbocycles. The molecule has 2 aromatic rings. The first kappa shape index (κ1) is 13.3. The number of aryl methyl sites for hydroxylation is 1. The van der Waals surface area contributed by atoms with E-state index in [0.717, 1.165) is 5.56 Å². The van der Waals surface area contributed by atoms with Crippen LogP contribution in [0, 0.1) is 6.92 Å². The van der Waals surface area contributed by atoms with Gasteiger partial charge in [-0.05, 0) is 31.2 Å². The van der Waals surface area contributed by atoms with E-state index in [1.807, 2.05) is 13.0 Å². The summed E-state index contributed by atoms with van der Waals surface area (Å²) in [5, 5.41) is 0. The van der Waals surface area contributed by atoms with Crippen LogP contribution in [0.5, 0.6) is 0 Å². The largest absolute Gasteiger partial charge is 0.328 e. The lowest BCUT2D eigenvalue weighted by Gasteiger charge is -1.99. The highest BCUT2D eigenvalue weighted by Crippen LogP contribution is 2.06. The predicted octanol–water partition coefficient (Wildman–Crippen LogP) is 0.170. The Kier molecular flexibility index (Phi) is 3.66.